The molecule has 1 unspecified atom stereocenters. The van der Waals surface area contributed by atoms with E-state index in [1.165, 1.54) is 12.1 Å². The number of fused-ring (bicyclic) bond motifs is 3. The molecule has 0 heterocycles. The minimum atomic E-state index is -1.10. The van der Waals surface area contributed by atoms with Gasteiger partial charge in [-0.1, -0.05) is 78.9 Å². The first-order chi connectivity index (χ1) is 20.3. The minimum Gasteiger partial charge on any atom is -0.478 e. The van der Waals surface area contributed by atoms with Crippen LogP contribution in [0, 0.1) is 3.57 Å². The van der Waals surface area contributed by atoms with Crippen LogP contribution in [0.15, 0.2) is 97.1 Å². The molecule has 9 heteroatoms. The first-order valence-electron chi connectivity index (χ1n) is 13.5. The van der Waals surface area contributed by atoms with Crippen LogP contribution < -0.4 is 10.6 Å². The topological polar surface area (TPSA) is 108 Å². The molecule has 5 rings (SSSR count). The van der Waals surface area contributed by atoms with Gasteiger partial charge in [-0.25, -0.2) is 9.59 Å². The number of halogens is 1. The molecule has 0 bridgehead atoms. The number of nitrogens with one attached hydrogen (secondary N) is 2. The average Bonchev–Trinajstić information content (AvgIpc) is 3.29. The van der Waals surface area contributed by atoms with Crippen LogP contribution in [0.25, 0.3) is 11.1 Å². The average molecular weight is 676 g/mol. The molecular formula is C33H30IN3O5. The van der Waals surface area contributed by atoms with Crippen molar-refractivity contribution in [2.24, 2.45) is 0 Å². The summed E-state index contributed by atoms with van der Waals surface area (Å²) < 4.78 is 6.37. The van der Waals surface area contributed by atoms with Crippen molar-refractivity contribution in [1.82, 2.24) is 10.2 Å². The lowest BCUT2D eigenvalue weighted by Crippen LogP contribution is -2.50. The summed E-state index contributed by atoms with van der Waals surface area (Å²) in [7, 11) is 1.86. The molecule has 0 spiro atoms. The van der Waals surface area contributed by atoms with E-state index >= 15 is 0 Å². The third kappa shape index (κ3) is 6.97. The SMILES string of the molecule is CN(Cc1ccccc1)CC(NC(=O)OCC1c2ccccc2-c2ccccc21)C(=O)Nc1cc(I)cc(C(=O)O)c1. The van der Waals surface area contributed by atoms with E-state index in [4.69, 9.17) is 4.74 Å². The number of benzene rings is 4. The normalized spacial score (nSPS) is 12.7. The lowest BCUT2D eigenvalue weighted by molar-refractivity contribution is -0.118. The number of hydrogen-bond acceptors (Lipinski definition) is 5. The molecule has 1 aliphatic carbocycles. The summed E-state index contributed by atoms with van der Waals surface area (Å²) in [4.78, 5) is 40.0. The number of hydrogen-bond donors (Lipinski definition) is 3. The second-order valence-electron chi connectivity index (χ2n) is 10.2. The quantitative estimate of drug-likeness (QED) is 0.179. The highest BCUT2D eigenvalue weighted by atomic mass is 127. The van der Waals surface area contributed by atoms with E-state index in [0.29, 0.717) is 15.8 Å². The Balaban J connectivity index is 1.30. The first-order valence-corrected chi connectivity index (χ1v) is 14.5. The van der Waals surface area contributed by atoms with Gasteiger partial charge in [-0.2, -0.15) is 0 Å². The lowest BCUT2D eigenvalue weighted by Gasteiger charge is -2.25. The highest BCUT2D eigenvalue weighted by Gasteiger charge is 2.30. The number of amides is 2. The van der Waals surface area contributed by atoms with Gasteiger partial charge in [-0.3, -0.25) is 9.69 Å². The fourth-order valence-electron chi connectivity index (χ4n) is 5.26. The van der Waals surface area contributed by atoms with Gasteiger partial charge >= 0.3 is 12.1 Å². The van der Waals surface area contributed by atoms with Gasteiger partial charge in [0, 0.05) is 28.3 Å². The molecule has 0 aliphatic heterocycles. The number of carboxylic acid groups (broad SMARTS) is 1. The van der Waals surface area contributed by atoms with Crippen molar-refractivity contribution < 1.29 is 24.2 Å². The number of aromatic carboxylic acids is 1. The van der Waals surface area contributed by atoms with Crippen molar-refractivity contribution in [2.75, 3.05) is 25.5 Å². The number of nitrogens with zero attached hydrogens (tertiary/aromatic N) is 1. The summed E-state index contributed by atoms with van der Waals surface area (Å²) in [5.41, 5.74) is 5.88. The number of carboxylic acids is 1. The molecule has 1 atom stereocenters. The van der Waals surface area contributed by atoms with E-state index < -0.39 is 24.0 Å². The fourth-order valence-corrected chi connectivity index (χ4v) is 5.93. The van der Waals surface area contributed by atoms with Gasteiger partial charge in [0.25, 0.3) is 0 Å². The molecule has 214 valence electrons. The van der Waals surface area contributed by atoms with E-state index in [-0.39, 0.29) is 24.6 Å². The summed E-state index contributed by atoms with van der Waals surface area (Å²) >= 11 is 2.00. The van der Waals surface area contributed by atoms with Crippen molar-refractivity contribution in [3.8, 4) is 11.1 Å². The summed E-state index contributed by atoms with van der Waals surface area (Å²) in [5, 5.41) is 14.9. The zero-order valence-corrected chi connectivity index (χ0v) is 25.1. The Morgan fingerprint density at radius 1 is 0.905 bits per heavy atom. The van der Waals surface area contributed by atoms with E-state index in [0.717, 1.165) is 27.8 Å². The number of carbonyl (C=O) groups is 3. The standard InChI is InChI=1S/C33H30IN3O5/c1-37(18-21-9-3-2-4-10-21)19-30(31(38)35-24-16-22(32(39)40)15-23(34)17-24)36-33(41)42-20-29-27-13-7-5-11-25(27)26-12-6-8-14-28(26)29/h2-17,29-30H,18-20H2,1H3,(H,35,38)(H,36,41)(H,39,40). The molecule has 0 saturated heterocycles. The summed E-state index contributed by atoms with van der Waals surface area (Å²) in [6.45, 7) is 0.872. The largest absolute Gasteiger partial charge is 0.478 e. The molecule has 1 aliphatic rings. The summed E-state index contributed by atoms with van der Waals surface area (Å²) in [5.74, 6) is -1.70. The van der Waals surface area contributed by atoms with Crippen molar-refractivity contribution in [1.29, 1.82) is 0 Å². The molecule has 0 saturated carbocycles. The predicted molar refractivity (Wildman–Crippen MR) is 170 cm³/mol. The molecule has 3 N–H and O–H groups in total. The Bertz CT molecular complexity index is 1570. The zero-order chi connectivity index (χ0) is 29.6. The fraction of sp³-hybridized carbons (Fsp3) is 0.182. The van der Waals surface area contributed by atoms with Crippen molar-refractivity contribution >= 4 is 46.2 Å². The molecule has 42 heavy (non-hydrogen) atoms. The molecule has 4 aromatic carbocycles. The van der Waals surface area contributed by atoms with Crippen LogP contribution in [0.3, 0.4) is 0 Å². The van der Waals surface area contributed by atoms with E-state index in [2.05, 4.69) is 22.8 Å². The van der Waals surface area contributed by atoms with Gasteiger partial charge in [-0.15, -0.1) is 0 Å². The number of carbonyl (C=O) groups excluding carboxylic acids is 2. The predicted octanol–water partition coefficient (Wildman–Crippen LogP) is 5.97. The maximum absolute atomic E-state index is 13.5. The minimum absolute atomic E-state index is 0.0550. The molecule has 0 aromatic heterocycles. The molecular weight excluding hydrogens is 645 g/mol. The number of anilines is 1. The molecule has 0 radical (unpaired) electrons. The van der Waals surface area contributed by atoms with Crippen LogP contribution in [-0.2, 0) is 16.1 Å². The zero-order valence-electron chi connectivity index (χ0n) is 22.9. The van der Waals surface area contributed by atoms with E-state index in [9.17, 15) is 19.5 Å². The maximum atomic E-state index is 13.5. The van der Waals surface area contributed by atoms with Crippen LogP contribution in [-0.4, -0.2) is 54.2 Å². The van der Waals surface area contributed by atoms with Gasteiger partial charge in [0.05, 0.1) is 5.56 Å². The van der Waals surface area contributed by atoms with Gasteiger partial charge < -0.3 is 20.5 Å². The number of ether oxygens (including phenoxy) is 1. The number of likely N-dealkylation sites (N-methyl/N-ethyl adjacent to an activating group) is 1. The monoisotopic (exact) mass is 675 g/mol. The smallest absolute Gasteiger partial charge is 0.407 e. The Labute approximate surface area is 257 Å². The van der Waals surface area contributed by atoms with Gasteiger partial charge in [0.1, 0.15) is 12.6 Å². The van der Waals surface area contributed by atoms with Crippen LogP contribution >= 0.6 is 22.6 Å². The second kappa shape index (κ2) is 13.2. The molecule has 0 fully saturated rings. The molecule has 4 aromatic rings. The highest BCUT2D eigenvalue weighted by Crippen LogP contribution is 2.44. The summed E-state index contributed by atoms with van der Waals surface area (Å²) in [6.07, 6.45) is -0.709. The third-order valence-corrected chi connectivity index (χ3v) is 7.78. The maximum Gasteiger partial charge on any atom is 0.407 e. The number of alkyl carbamates (subject to hydrolysis) is 1. The Hall–Kier alpha value is -4.22. The third-order valence-electron chi connectivity index (χ3n) is 7.15. The van der Waals surface area contributed by atoms with Crippen molar-refractivity contribution in [2.45, 2.75) is 18.5 Å². The molecule has 8 nitrogen and oxygen atoms in total. The van der Waals surface area contributed by atoms with Gasteiger partial charge in [-0.05, 0) is 75.7 Å². The van der Waals surface area contributed by atoms with E-state index in [1.807, 2.05) is 101 Å². The second-order valence-corrected chi connectivity index (χ2v) is 11.5. The highest BCUT2D eigenvalue weighted by molar-refractivity contribution is 14.1. The van der Waals surface area contributed by atoms with E-state index in [1.54, 1.807) is 6.07 Å². The van der Waals surface area contributed by atoms with Gasteiger partial charge in [0.2, 0.25) is 5.91 Å². The Morgan fingerprint density at radius 3 is 2.17 bits per heavy atom. The summed E-state index contributed by atoms with van der Waals surface area (Å²) in [6, 6.07) is 29.6. The van der Waals surface area contributed by atoms with Crippen LogP contribution in [0.5, 0.6) is 0 Å². The lowest BCUT2D eigenvalue weighted by atomic mass is 9.98. The number of rotatable bonds is 10. The van der Waals surface area contributed by atoms with Gasteiger partial charge in [0.15, 0.2) is 0 Å². The van der Waals surface area contributed by atoms with Crippen molar-refractivity contribution in [3.63, 3.8) is 0 Å². The van der Waals surface area contributed by atoms with Crippen LogP contribution in [0.2, 0.25) is 0 Å². The Kier molecular flexibility index (Phi) is 9.19. The van der Waals surface area contributed by atoms with Crippen LogP contribution in [0.4, 0.5) is 10.5 Å². The Morgan fingerprint density at radius 2 is 1.52 bits per heavy atom. The molecule has 2 amide bonds. The van der Waals surface area contributed by atoms with Crippen molar-refractivity contribution in [3.05, 3.63) is 123 Å². The van der Waals surface area contributed by atoms with Crippen LogP contribution in [0.1, 0.15) is 33.0 Å². The first kappa shape index (κ1) is 29.3.